The molecule has 7 nitrogen and oxygen atoms in total. The van der Waals surface area contributed by atoms with Crippen molar-refractivity contribution in [3.63, 3.8) is 0 Å². The average molecular weight is 379 g/mol. The van der Waals surface area contributed by atoms with Crippen LogP contribution in [0, 0.1) is 0 Å². The lowest BCUT2D eigenvalue weighted by Crippen LogP contribution is -2.17. The van der Waals surface area contributed by atoms with Crippen molar-refractivity contribution >= 4 is 23.7 Å². The number of hydrogen-bond acceptors (Lipinski definition) is 6. The molecule has 0 saturated carbocycles. The third-order valence-electron chi connectivity index (χ3n) is 3.45. The zero-order chi connectivity index (χ0) is 19.1. The molecule has 138 valence electrons. The van der Waals surface area contributed by atoms with Crippen LogP contribution in [-0.4, -0.2) is 40.6 Å². The second-order valence-corrected chi connectivity index (χ2v) is 5.45. The summed E-state index contributed by atoms with van der Waals surface area (Å²) >= 11 is 6.14. The highest BCUT2D eigenvalue weighted by atomic mass is 35.5. The number of carbonyl (C=O) groups is 1. The van der Waals surface area contributed by atoms with Gasteiger partial charge in [0.1, 0.15) is 11.5 Å². The molecule has 0 aliphatic carbocycles. The Hall–Kier alpha value is -2.93. The molecule has 0 saturated heterocycles. The Labute approximate surface area is 156 Å². The van der Waals surface area contributed by atoms with E-state index in [2.05, 4.69) is 10.5 Å². The maximum Gasteiger partial charge on any atom is 0.271 e. The summed E-state index contributed by atoms with van der Waals surface area (Å²) < 4.78 is 20.7. The van der Waals surface area contributed by atoms with Gasteiger partial charge in [-0.1, -0.05) is 11.6 Å². The van der Waals surface area contributed by atoms with Crippen LogP contribution in [0.4, 0.5) is 0 Å². The Morgan fingerprint density at radius 3 is 2.15 bits per heavy atom. The minimum atomic E-state index is -0.412. The fourth-order valence-electron chi connectivity index (χ4n) is 2.18. The molecule has 2 aromatic rings. The second kappa shape index (κ2) is 8.96. The predicted octanol–water partition coefficient (Wildman–Crippen LogP) is 3.14. The molecule has 2 rings (SSSR count). The summed E-state index contributed by atoms with van der Waals surface area (Å²) in [5.41, 5.74) is 3.43. The summed E-state index contributed by atoms with van der Waals surface area (Å²) in [4.78, 5) is 12.3. The van der Waals surface area contributed by atoms with E-state index in [-0.39, 0.29) is 0 Å². The van der Waals surface area contributed by atoms with E-state index in [1.54, 1.807) is 30.3 Å². The van der Waals surface area contributed by atoms with E-state index in [0.29, 0.717) is 39.1 Å². The molecule has 1 amide bonds. The molecule has 26 heavy (non-hydrogen) atoms. The molecular formula is C18H19ClN2O5. The Balaban J connectivity index is 2.16. The van der Waals surface area contributed by atoms with E-state index >= 15 is 0 Å². The Kier molecular flexibility index (Phi) is 6.68. The van der Waals surface area contributed by atoms with Crippen molar-refractivity contribution in [1.82, 2.24) is 5.43 Å². The van der Waals surface area contributed by atoms with Crippen LogP contribution in [0.5, 0.6) is 23.0 Å². The van der Waals surface area contributed by atoms with Gasteiger partial charge >= 0.3 is 0 Å². The highest BCUT2D eigenvalue weighted by Crippen LogP contribution is 2.35. The fraction of sp³-hybridized carbons (Fsp3) is 0.222. The van der Waals surface area contributed by atoms with E-state index in [9.17, 15) is 4.79 Å². The number of hydrazone groups is 1. The number of benzene rings is 2. The number of halogens is 1. The summed E-state index contributed by atoms with van der Waals surface area (Å²) in [7, 11) is 6.03. The minimum Gasteiger partial charge on any atom is -0.497 e. The van der Waals surface area contributed by atoms with Crippen molar-refractivity contribution < 1.29 is 23.7 Å². The molecule has 8 heteroatoms. The van der Waals surface area contributed by atoms with Gasteiger partial charge in [-0.05, 0) is 29.8 Å². The first-order valence-electron chi connectivity index (χ1n) is 7.50. The third-order valence-corrected chi connectivity index (χ3v) is 3.73. The van der Waals surface area contributed by atoms with Crippen LogP contribution in [0.2, 0.25) is 5.02 Å². The first-order valence-corrected chi connectivity index (χ1v) is 7.88. The molecule has 0 aliphatic heterocycles. The van der Waals surface area contributed by atoms with Gasteiger partial charge in [0, 0.05) is 11.6 Å². The molecule has 0 aliphatic rings. The topological polar surface area (TPSA) is 78.4 Å². The molecular weight excluding hydrogens is 360 g/mol. The van der Waals surface area contributed by atoms with Crippen LogP contribution in [0.15, 0.2) is 35.4 Å². The number of amides is 1. The number of nitrogens with one attached hydrogen (secondary N) is 1. The van der Waals surface area contributed by atoms with Gasteiger partial charge in [-0.3, -0.25) is 4.79 Å². The third kappa shape index (κ3) is 4.58. The molecule has 0 aromatic heterocycles. The number of ether oxygens (including phenoxy) is 4. The van der Waals surface area contributed by atoms with Gasteiger partial charge in [0.05, 0.1) is 39.7 Å². The van der Waals surface area contributed by atoms with Gasteiger partial charge < -0.3 is 18.9 Å². The van der Waals surface area contributed by atoms with Gasteiger partial charge in [0.2, 0.25) is 0 Å². The van der Waals surface area contributed by atoms with Crippen LogP contribution in [0.3, 0.4) is 0 Å². The number of nitrogens with zero attached hydrogens (tertiary/aromatic N) is 1. The van der Waals surface area contributed by atoms with Crippen LogP contribution < -0.4 is 24.4 Å². The van der Waals surface area contributed by atoms with Crippen LogP contribution in [0.25, 0.3) is 0 Å². The van der Waals surface area contributed by atoms with E-state index < -0.39 is 5.91 Å². The summed E-state index contributed by atoms with van der Waals surface area (Å²) in [6.07, 6.45) is 1.45. The lowest BCUT2D eigenvalue weighted by molar-refractivity contribution is 0.0954. The van der Waals surface area contributed by atoms with E-state index in [1.165, 1.54) is 34.7 Å². The predicted molar refractivity (Wildman–Crippen MR) is 99.2 cm³/mol. The SMILES string of the molecule is COc1cc(OC)cc(C(=O)N/N=C/c2cc(Cl)c(OC)c(OC)c2)c1. The number of hydrogen-bond donors (Lipinski definition) is 1. The quantitative estimate of drug-likeness (QED) is 0.591. The summed E-state index contributed by atoms with van der Waals surface area (Å²) in [6.45, 7) is 0. The highest BCUT2D eigenvalue weighted by molar-refractivity contribution is 6.32. The maximum atomic E-state index is 12.3. The molecule has 0 fully saturated rings. The molecule has 0 heterocycles. The van der Waals surface area contributed by atoms with Crippen molar-refractivity contribution in [2.24, 2.45) is 5.10 Å². The largest absolute Gasteiger partial charge is 0.497 e. The van der Waals surface area contributed by atoms with E-state index in [0.717, 1.165) is 0 Å². The number of rotatable bonds is 7. The Bertz CT molecular complexity index is 801. The van der Waals surface area contributed by atoms with Crippen molar-refractivity contribution in [1.29, 1.82) is 0 Å². The van der Waals surface area contributed by atoms with Crippen molar-refractivity contribution in [3.05, 3.63) is 46.5 Å². The van der Waals surface area contributed by atoms with E-state index in [1.807, 2.05) is 0 Å². The number of methoxy groups -OCH3 is 4. The van der Waals surface area contributed by atoms with Gasteiger partial charge in [-0.2, -0.15) is 5.10 Å². The highest BCUT2D eigenvalue weighted by Gasteiger charge is 2.11. The monoisotopic (exact) mass is 378 g/mol. The first kappa shape index (κ1) is 19.4. The summed E-state index contributed by atoms with van der Waals surface area (Å²) in [5.74, 6) is 1.49. The normalized spacial score (nSPS) is 10.5. The van der Waals surface area contributed by atoms with Gasteiger partial charge in [0.25, 0.3) is 5.91 Å². The maximum absolute atomic E-state index is 12.3. The lowest BCUT2D eigenvalue weighted by Gasteiger charge is -2.10. The standard InChI is InChI=1S/C18H19ClN2O5/c1-23-13-7-12(8-14(9-13)24-2)18(22)21-20-10-11-5-15(19)17(26-4)16(6-11)25-3/h5-10H,1-4H3,(H,21,22)/b20-10+. The molecule has 1 N–H and O–H groups in total. The van der Waals surface area contributed by atoms with Crippen LogP contribution in [0.1, 0.15) is 15.9 Å². The molecule has 2 aromatic carbocycles. The van der Waals surface area contributed by atoms with Crippen molar-refractivity contribution in [3.8, 4) is 23.0 Å². The number of carbonyl (C=O) groups excluding carboxylic acids is 1. The Morgan fingerprint density at radius 2 is 1.62 bits per heavy atom. The van der Waals surface area contributed by atoms with Gasteiger partial charge in [0.15, 0.2) is 11.5 Å². The molecule has 0 unspecified atom stereocenters. The molecule has 0 radical (unpaired) electrons. The van der Waals surface area contributed by atoms with Crippen molar-refractivity contribution in [2.75, 3.05) is 28.4 Å². The van der Waals surface area contributed by atoms with Gasteiger partial charge in [-0.15, -0.1) is 0 Å². The zero-order valence-electron chi connectivity index (χ0n) is 14.8. The van der Waals surface area contributed by atoms with Crippen LogP contribution in [-0.2, 0) is 0 Å². The fourth-order valence-corrected chi connectivity index (χ4v) is 2.48. The lowest BCUT2D eigenvalue weighted by atomic mass is 10.2. The zero-order valence-corrected chi connectivity index (χ0v) is 15.6. The summed E-state index contributed by atoms with van der Waals surface area (Å²) in [6, 6.07) is 8.18. The molecule has 0 atom stereocenters. The van der Waals surface area contributed by atoms with E-state index in [4.69, 9.17) is 30.5 Å². The molecule has 0 bridgehead atoms. The van der Waals surface area contributed by atoms with Crippen molar-refractivity contribution in [2.45, 2.75) is 0 Å². The second-order valence-electron chi connectivity index (χ2n) is 5.04. The van der Waals surface area contributed by atoms with Gasteiger partial charge in [-0.25, -0.2) is 5.43 Å². The summed E-state index contributed by atoms with van der Waals surface area (Å²) in [5, 5.41) is 4.31. The molecule has 0 spiro atoms. The Morgan fingerprint density at radius 1 is 0.962 bits per heavy atom. The average Bonchev–Trinajstić information content (AvgIpc) is 2.66. The smallest absolute Gasteiger partial charge is 0.271 e. The minimum absolute atomic E-state index is 0.351. The van der Waals surface area contributed by atoms with Crippen LogP contribution >= 0.6 is 11.6 Å². The first-order chi connectivity index (χ1) is 12.5.